The second-order valence-electron chi connectivity index (χ2n) is 5.08. The lowest BCUT2D eigenvalue weighted by Crippen LogP contribution is -2.14. The van der Waals surface area contributed by atoms with Crippen molar-refractivity contribution >= 4 is 34.6 Å². The number of alkyl halides is 3. The van der Waals surface area contributed by atoms with Crippen LogP contribution in [0.3, 0.4) is 0 Å². The summed E-state index contributed by atoms with van der Waals surface area (Å²) in [4.78, 5) is 16.2. The molecule has 2 aromatic rings. The molecule has 1 aliphatic rings. The fourth-order valence-corrected chi connectivity index (χ4v) is 2.59. The molecule has 2 aromatic carbocycles. The van der Waals surface area contributed by atoms with E-state index in [1.54, 1.807) is 19.1 Å². The molecule has 1 aliphatic heterocycles. The highest BCUT2D eigenvalue weighted by molar-refractivity contribution is 6.57. The summed E-state index contributed by atoms with van der Waals surface area (Å²) in [6, 6.07) is 7.85. The molecule has 0 spiro atoms. The molecule has 118 valence electrons. The largest absolute Gasteiger partial charge is 0.416 e. The number of nitrogens with zero attached hydrogens (tertiary/aromatic N) is 1. The molecule has 0 atom stereocenters. The van der Waals surface area contributed by atoms with Crippen LogP contribution in [0.5, 0.6) is 0 Å². The van der Waals surface area contributed by atoms with Crippen LogP contribution >= 0.6 is 11.6 Å². The Morgan fingerprint density at radius 3 is 2.61 bits per heavy atom. The monoisotopic (exact) mass is 338 g/mol. The fourth-order valence-electron chi connectivity index (χ4n) is 2.35. The van der Waals surface area contributed by atoms with Crippen molar-refractivity contribution in [3.8, 4) is 0 Å². The Labute approximate surface area is 134 Å². The molecule has 0 saturated heterocycles. The van der Waals surface area contributed by atoms with Crippen molar-refractivity contribution in [1.29, 1.82) is 0 Å². The average Bonchev–Trinajstić information content (AvgIpc) is 2.81. The summed E-state index contributed by atoms with van der Waals surface area (Å²) in [5.74, 6) is -0.492. The molecule has 0 radical (unpaired) electrons. The maximum absolute atomic E-state index is 12.8. The number of aliphatic imine (C=N–C) groups is 1. The van der Waals surface area contributed by atoms with E-state index in [1.807, 2.05) is 0 Å². The highest BCUT2D eigenvalue weighted by Crippen LogP contribution is 2.35. The van der Waals surface area contributed by atoms with Crippen LogP contribution in [0.15, 0.2) is 41.4 Å². The minimum absolute atomic E-state index is 0.00743. The Morgan fingerprint density at radius 2 is 1.91 bits per heavy atom. The predicted molar refractivity (Wildman–Crippen MR) is 82.5 cm³/mol. The first kappa shape index (κ1) is 15.6. The van der Waals surface area contributed by atoms with Crippen LogP contribution in [0.4, 0.5) is 24.5 Å². The summed E-state index contributed by atoms with van der Waals surface area (Å²) in [5.41, 5.74) is 0.964. The van der Waals surface area contributed by atoms with Gasteiger partial charge in [-0.3, -0.25) is 4.79 Å². The lowest BCUT2D eigenvalue weighted by molar-refractivity contribution is -0.137. The maximum atomic E-state index is 12.8. The molecule has 0 aliphatic carbocycles. The molecule has 1 heterocycles. The number of anilines is 1. The Kier molecular flexibility index (Phi) is 3.64. The van der Waals surface area contributed by atoms with Crippen LogP contribution in [0.1, 0.15) is 16.7 Å². The molecule has 23 heavy (non-hydrogen) atoms. The van der Waals surface area contributed by atoms with Gasteiger partial charge in [0.2, 0.25) is 0 Å². The molecular formula is C16H10ClF3N2O. The smallest absolute Gasteiger partial charge is 0.320 e. The second-order valence-corrected chi connectivity index (χ2v) is 5.48. The van der Waals surface area contributed by atoms with Gasteiger partial charge in [0.15, 0.2) is 0 Å². The third-order valence-electron chi connectivity index (χ3n) is 3.47. The van der Waals surface area contributed by atoms with E-state index >= 15 is 0 Å². The third kappa shape index (κ3) is 2.82. The lowest BCUT2D eigenvalue weighted by atomic mass is 10.1. The standard InChI is InChI=1S/C16H10ClF3N2O/c1-8-5-6-11(17)12-13(8)22-15(23)14(12)21-10-4-2-3-9(7-10)16(18,19)20/h2-7H,1H3,(H,21,22,23). The van der Waals surface area contributed by atoms with Crippen LogP contribution in [0.2, 0.25) is 5.02 Å². The first-order valence-electron chi connectivity index (χ1n) is 6.64. The van der Waals surface area contributed by atoms with E-state index in [1.165, 1.54) is 12.1 Å². The number of fused-ring (bicyclic) bond motifs is 1. The molecule has 0 unspecified atom stereocenters. The van der Waals surface area contributed by atoms with Crippen molar-refractivity contribution in [1.82, 2.24) is 0 Å². The first-order valence-corrected chi connectivity index (χ1v) is 7.02. The van der Waals surface area contributed by atoms with Gasteiger partial charge < -0.3 is 5.32 Å². The summed E-state index contributed by atoms with van der Waals surface area (Å²) in [5, 5.41) is 2.96. The molecule has 1 N–H and O–H groups in total. The molecule has 0 bridgehead atoms. The first-order chi connectivity index (χ1) is 10.8. The predicted octanol–water partition coefficient (Wildman–Crippen LogP) is 4.74. The Balaban J connectivity index is 2.12. The summed E-state index contributed by atoms with van der Waals surface area (Å²) >= 11 is 6.12. The van der Waals surface area contributed by atoms with E-state index in [2.05, 4.69) is 10.3 Å². The summed E-state index contributed by atoms with van der Waals surface area (Å²) in [6.45, 7) is 1.79. The SMILES string of the molecule is Cc1ccc(Cl)c2c1NC(=O)C2=Nc1cccc(C(F)(F)F)c1. The topological polar surface area (TPSA) is 41.5 Å². The number of hydrogen-bond donors (Lipinski definition) is 1. The van der Waals surface area contributed by atoms with Crippen LogP contribution in [-0.4, -0.2) is 11.6 Å². The van der Waals surface area contributed by atoms with Gasteiger partial charge in [0, 0.05) is 5.56 Å². The molecule has 0 aromatic heterocycles. The minimum Gasteiger partial charge on any atom is -0.320 e. The Morgan fingerprint density at radius 1 is 1.17 bits per heavy atom. The van der Waals surface area contributed by atoms with Gasteiger partial charge in [-0.25, -0.2) is 4.99 Å². The molecule has 0 fully saturated rings. The zero-order chi connectivity index (χ0) is 16.8. The number of carbonyl (C=O) groups is 1. The van der Waals surface area contributed by atoms with Crippen molar-refractivity contribution in [3.63, 3.8) is 0 Å². The van der Waals surface area contributed by atoms with Crippen molar-refractivity contribution in [2.75, 3.05) is 5.32 Å². The molecule has 3 nitrogen and oxygen atoms in total. The van der Waals surface area contributed by atoms with Crippen LogP contribution in [0.25, 0.3) is 0 Å². The van der Waals surface area contributed by atoms with Crippen LogP contribution in [0, 0.1) is 6.92 Å². The number of benzene rings is 2. The number of nitrogens with one attached hydrogen (secondary N) is 1. The van der Waals surface area contributed by atoms with E-state index in [0.717, 1.165) is 17.7 Å². The number of halogens is 4. The number of rotatable bonds is 1. The summed E-state index contributed by atoms with van der Waals surface area (Å²) in [6.07, 6.45) is -4.47. The van der Waals surface area contributed by atoms with E-state index < -0.39 is 17.6 Å². The summed E-state index contributed by atoms with van der Waals surface area (Å²) < 4.78 is 38.3. The van der Waals surface area contributed by atoms with Crippen LogP contribution < -0.4 is 5.32 Å². The molecular weight excluding hydrogens is 329 g/mol. The van der Waals surface area contributed by atoms with Crippen molar-refractivity contribution < 1.29 is 18.0 Å². The Hall–Kier alpha value is -2.34. The number of hydrogen-bond acceptors (Lipinski definition) is 2. The number of amides is 1. The Bertz CT molecular complexity index is 844. The second kappa shape index (κ2) is 5.38. The highest BCUT2D eigenvalue weighted by Gasteiger charge is 2.32. The zero-order valence-corrected chi connectivity index (χ0v) is 12.6. The van der Waals surface area contributed by atoms with Gasteiger partial charge >= 0.3 is 6.18 Å². The number of carbonyl (C=O) groups excluding carboxylic acids is 1. The molecule has 1 amide bonds. The molecule has 3 rings (SSSR count). The van der Waals surface area contributed by atoms with Gasteiger partial charge in [0.1, 0.15) is 5.71 Å². The molecule has 7 heteroatoms. The van der Waals surface area contributed by atoms with E-state index in [4.69, 9.17) is 11.6 Å². The quantitative estimate of drug-likeness (QED) is 0.801. The number of aryl methyl sites for hydroxylation is 1. The van der Waals surface area contributed by atoms with Crippen molar-refractivity contribution in [2.45, 2.75) is 13.1 Å². The summed E-state index contributed by atoms with van der Waals surface area (Å²) in [7, 11) is 0. The molecule has 0 saturated carbocycles. The van der Waals surface area contributed by atoms with Gasteiger partial charge in [-0.15, -0.1) is 0 Å². The van der Waals surface area contributed by atoms with Crippen molar-refractivity contribution in [3.05, 3.63) is 58.1 Å². The van der Waals surface area contributed by atoms with Gasteiger partial charge in [0.05, 0.1) is 22.0 Å². The van der Waals surface area contributed by atoms with E-state index in [9.17, 15) is 18.0 Å². The minimum atomic E-state index is -4.47. The van der Waals surface area contributed by atoms with Gasteiger partial charge in [-0.1, -0.05) is 23.7 Å². The maximum Gasteiger partial charge on any atom is 0.416 e. The van der Waals surface area contributed by atoms with Crippen LogP contribution in [-0.2, 0) is 11.0 Å². The fraction of sp³-hybridized carbons (Fsp3) is 0.125. The van der Waals surface area contributed by atoms with E-state index in [0.29, 0.717) is 16.3 Å². The lowest BCUT2D eigenvalue weighted by Gasteiger charge is -2.07. The van der Waals surface area contributed by atoms with E-state index in [-0.39, 0.29) is 11.4 Å². The van der Waals surface area contributed by atoms with Gasteiger partial charge in [0.25, 0.3) is 5.91 Å². The third-order valence-corrected chi connectivity index (χ3v) is 3.78. The van der Waals surface area contributed by atoms with Crippen molar-refractivity contribution in [2.24, 2.45) is 4.99 Å². The van der Waals surface area contributed by atoms with Gasteiger partial charge in [-0.2, -0.15) is 13.2 Å². The van der Waals surface area contributed by atoms with Gasteiger partial charge in [-0.05, 0) is 36.8 Å². The average molecular weight is 339 g/mol. The highest BCUT2D eigenvalue weighted by atomic mass is 35.5. The normalized spacial score (nSPS) is 15.7. The zero-order valence-electron chi connectivity index (χ0n) is 11.8.